The minimum Gasteiger partial charge on any atom is -1.00 e. The Morgan fingerprint density at radius 1 is 0.679 bits per heavy atom. The van der Waals surface area contributed by atoms with Crippen LogP contribution in [0.2, 0.25) is 0 Å². The van der Waals surface area contributed by atoms with Crippen LogP contribution in [0.25, 0.3) is 0 Å². The van der Waals surface area contributed by atoms with Crippen molar-refractivity contribution in [2.75, 3.05) is 11.5 Å². The summed E-state index contributed by atoms with van der Waals surface area (Å²) in [5.41, 5.74) is 0. The summed E-state index contributed by atoms with van der Waals surface area (Å²) in [6, 6.07) is 0. The summed E-state index contributed by atoms with van der Waals surface area (Å²) in [5.74, 6) is -0.447. The van der Waals surface area contributed by atoms with E-state index in [0.29, 0.717) is 6.42 Å². The molecule has 28 heavy (non-hydrogen) atoms. The van der Waals surface area contributed by atoms with Gasteiger partial charge in [0.1, 0.15) is 0 Å². The van der Waals surface area contributed by atoms with Crippen LogP contribution in [0, 0.1) is 0 Å². The quantitative estimate of drug-likeness (QED) is 0.135. The first-order chi connectivity index (χ1) is 12.1. The molecule has 0 radical (unpaired) electrons. The van der Waals surface area contributed by atoms with Crippen molar-refractivity contribution in [3.8, 4) is 0 Å². The average molecular weight is 463 g/mol. The molecule has 0 saturated heterocycles. The van der Waals surface area contributed by atoms with Crippen LogP contribution in [0.3, 0.4) is 0 Å². The number of hydrogen-bond donors (Lipinski definition) is 2. The zero-order chi connectivity index (χ0) is 20.3. The molecule has 0 unspecified atom stereocenters. The van der Waals surface area contributed by atoms with Crippen molar-refractivity contribution < 1.29 is 87.9 Å². The molecule has 0 aromatic heterocycles. The summed E-state index contributed by atoms with van der Waals surface area (Å²) >= 11 is 0. The van der Waals surface area contributed by atoms with Gasteiger partial charge >= 0.3 is 59.1 Å². The number of unbranched alkanes of at least 4 members (excludes halogenated alkanes) is 12. The van der Waals surface area contributed by atoms with Crippen LogP contribution in [0.1, 0.15) is 93.2 Å². The van der Waals surface area contributed by atoms with E-state index >= 15 is 0 Å². The molecular formula is C18H40Na2O6S2. The average Bonchev–Trinajstić information content (AvgIpc) is 2.50. The number of hydrogen-bond acceptors (Lipinski definition) is 4. The Labute approximate surface area is 220 Å². The first-order valence-electron chi connectivity index (χ1n) is 9.63. The maximum atomic E-state index is 10.5. The zero-order valence-corrected chi connectivity index (χ0v) is 23.9. The summed E-state index contributed by atoms with van der Waals surface area (Å²) in [5, 5.41) is 0. The SMILES string of the molecule is C=CCS(=O)(=O)O.CCCCCCCCCCCCCCCS(=O)(=O)O.[H-].[H-].[Na+].[Na+]. The minimum absolute atomic E-state index is 0. The van der Waals surface area contributed by atoms with E-state index in [4.69, 9.17) is 9.11 Å². The topological polar surface area (TPSA) is 109 Å². The van der Waals surface area contributed by atoms with Gasteiger partial charge in [-0.1, -0.05) is 90.0 Å². The van der Waals surface area contributed by atoms with Gasteiger partial charge in [-0.25, -0.2) is 0 Å². The van der Waals surface area contributed by atoms with Crippen LogP contribution < -0.4 is 59.1 Å². The van der Waals surface area contributed by atoms with Crippen LogP contribution in [0.5, 0.6) is 0 Å². The molecule has 0 fully saturated rings. The van der Waals surface area contributed by atoms with Crippen molar-refractivity contribution in [1.82, 2.24) is 0 Å². The summed E-state index contributed by atoms with van der Waals surface area (Å²) in [4.78, 5) is 0. The van der Waals surface area contributed by atoms with E-state index in [-0.39, 0.29) is 73.5 Å². The van der Waals surface area contributed by atoms with Crippen molar-refractivity contribution >= 4 is 20.2 Å². The summed E-state index contributed by atoms with van der Waals surface area (Å²) < 4.78 is 56.9. The fourth-order valence-electron chi connectivity index (χ4n) is 2.45. The summed E-state index contributed by atoms with van der Waals surface area (Å²) in [7, 11) is -7.53. The van der Waals surface area contributed by atoms with E-state index in [0.717, 1.165) is 18.9 Å². The van der Waals surface area contributed by atoms with Gasteiger partial charge in [-0.15, -0.1) is 6.58 Å². The fraction of sp³-hybridized carbons (Fsp3) is 0.889. The molecule has 0 aliphatic rings. The van der Waals surface area contributed by atoms with Crippen molar-refractivity contribution in [2.24, 2.45) is 0 Å². The standard InChI is InChI=1S/C15H32O3S.C3H6O3S.2Na.2H/c1-2-3-4-5-6-7-8-9-10-11-12-13-14-15-19(16,17)18;1-2-3-7(4,5)6;;;;/h2-15H2,1H3,(H,16,17,18);2H,1,3H2,(H,4,5,6);;;;/q;;2*+1;2*-1. The van der Waals surface area contributed by atoms with Crippen LogP contribution in [-0.4, -0.2) is 37.4 Å². The molecular weight excluding hydrogens is 422 g/mol. The first kappa shape index (κ1) is 36.9. The van der Waals surface area contributed by atoms with Gasteiger partial charge < -0.3 is 2.85 Å². The molecule has 0 amide bonds. The molecule has 0 heterocycles. The van der Waals surface area contributed by atoms with Gasteiger partial charge in [0.25, 0.3) is 20.2 Å². The van der Waals surface area contributed by atoms with Gasteiger partial charge in [0.15, 0.2) is 0 Å². The summed E-state index contributed by atoms with van der Waals surface area (Å²) in [6.07, 6.45) is 17.1. The first-order valence-corrected chi connectivity index (χ1v) is 12.9. The second-order valence-corrected chi connectivity index (χ2v) is 9.64. The molecule has 0 rings (SSSR count). The van der Waals surface area contributed by atoms with Gasteiger partial charge in [0.05, 0.1) is 11.5 Å². The maximum absolute atomic E-state index is 10.5. The molecule has 0 saturated carbocycles. The normalized spacial score (nSPS) is 10.8. The smallest absolute Gasteiger partial charge is 1.00 e. The van der Waals surface area contributed by atoms with Crippen molar-refractivity contribution in [1.29, 1.82) is 0 Å². The van der Waals surface area contributed by atoms with Gasteiger partial charge in [-0.05, 0) is 6.42 Å². The molecule has 10 heteroatoms. The Morgan fingerprint density at radius 2 is 1.00 bits per heavy atom. The second-order valence-electron chi connectivity index (χ2n) is 6.57. The van der Waals surface area contributed by atoms with Crippen molar-refractivity contribution in [3.05, 3.63) is 12.7 Å². The van der Waals surface area contributed by atoms with E-state index in [1.54, 1.807) is 0 Å². The van der Waals surface area contributed by atoms with Crippen LogP contribution >= 0.6 is 0 Å². The maximum Gasteiger partial charge on any atom is 1.00 e. The molecule has 0 aromatic rings. The van der Waals surface area contributed by atoms with Gasteiger partial charge in [-0.3, -0.25) is 9.11 Å². The Balaban J connectivity index is -0.000000114. The predicted molar refractivity (Wildman–Crippen MR) is 111 cm³/mol. The Kier molecular flexibility index (Phi) is 32.7. The van der Waals surface area contributed by atoms with Gasteiger partial charge in [0, 0.05) is 0 Å². The third kappa shape index (κ3) is 41.8. The van der Waals surface area contributed by atoms with Gasteiger partial charge in [0.2, 0.25) is 0 Å². The van der Waals surface area contributed by atoms with E-state index in [9.17, 15) is 16.8 Å². The summed E-state index contributed by atoms with van der Waals surface area (Å²) in [6.45, 7) is 5.35. The van der Waals surface area contributed by atoms with Crippen molar-refractivity contribution in [3.63, 3.8) is 0 Å². The molecule has 0 spiro atoms. The zero-order valence-electron chi connectivity index (χ0n) is 20.2. The van der Waals surface area contributed by atoms with E-state index < -0.39 is 20.2 Å². The van der Waals surface area contributed by atoms with Crippen LogP contribution in [0.15, 0.2) is 12.7 Å². The predicted octanol–water partition coefficient (Wildman–Crippen LogP) is -0.741. The molecule has 0 aliphatic carbocycles. The van der Waals surface area contributed by atoms with Crippen molar-refractivity contribution in [2.45, 2.75) is 90.4 Å². The number of rotatable bonds is 16. The minimum atomic E-state index is -3.79. The molecule has 2 N–H and O–H groups in total. The third-order valence-corrected chi connectivity index (χ3v) is 5.30. The van der Waals surface area contributed by atoms with E-state index in [1.165, 1.54) is 64.2 Å². The Bertz CT molecular complexity index is 533. The van der Waals surface area contributed by atoms with E-state index in [2.05, 4.69) is 13.5 Å². The monoisotopic (exact) mass is 462 g/mol. The largest absolute Gasteiger partial charge is 1.00 e. The molecule has 0 bridgehead atoms. The van der Waals surface area contributed by atoms with E-state index in [1.807, 2.05) is 0 Å². The Morgan fingerprint density at radius 3 is 1.21 bits per heavy atom. The van der Waals surface area contributed by atoms with Crippen LogP contribution in [-0.2, 0) is 20.2 Å². The molecule has 0 aromatic carbocycles. The Hall–Kier alpha value is 1.56. The molecule has 6 nitrogen and oxygen atoms in total. The molecule has 162 valence electrons. The fourth-order valence-corrected chi connectivity index (χ4v) is 3.32. The molecule has 0 atom stereocenters. The molecule has 0 aliphatic heterocycles. The van der Waals surface area contributed by atoms with Gasteiger partial charge in [-0.2, -0.15) is 16.8 Å². The second kappa shape index (κ2) is 24.8. The van der Waals surface area contributed by atoms with Crippen LogP contribution in [0.4, 0.5) is 0 Å². The third-order valence-electron chi connectivity index (χ3n) is 3.83.